The molecule has 0 saturated carbocycles. The molecule has 0 aromatic heterocycles. The summed E-state index contributed by atoms with van der Waals surface area (Å²) >= 11 is 0. The predicted molar refractivity (Wildman–Crippen MR) is 82.9 cm³/mol. The van der Waals surface area contributed by atoms with Crippen LogP contribution in [0.15, 0.2) is 42.5 Å². The molecule has 1 fully saturated rings. The zero-order valence-electron chi connectivity index (χ0n) is 11.8. The SMILES string of the molecule is CC1(C)CN(c2cccc3ccccc23)CCCN1. The van der Waals surface area contributed by atoms with Crippen LogP contribution in [0.5, 0.6) is 0 Å². The van der Waals surface area contributed by atoms with Crippen molar-refractivity contribution in [1.82, 2.24) is 5.32 Å². The van der Waals surface area contributed by atoms with Gasteiger partial charge in [-0.05, 0) is 38.3 Å². The van der Waals surface area contributed by atoms with Crippen LogP contribution in [0.2, 0.25) is 0 Å². The molecule has 2 nitrogen and oxygen atoms in total. The minimum absolute atomic E-state index is 0.174. The second kappa shape index (κ2) is 4.86. The number of rotatable bonds is 1. The maximum atomic E-state index is 3.63. The molecular formula is C17H22N2. The molecule has 1 heterocycles. The molecule has 2 aromatic rings. The van der Waals surface area contributed by atoms with Gasteiger partial charge in [0, 0.05) is 29.7 Å². The van der Waals surface area contributed by atoms with E-state index in [0.717, 1.165) is 19.6 Å². The van der Waals surface area contributed by atoms with Crippen LogP contribution in [-0.2, 0) is 0 Å². The van der Waals surface area contributed by atoms with E-state index in [2.05, 4.69) is 66.5 Å². The van der Waals surface area contributed by atoms with Gasteiger partial charge in [-0.25, -0.2) is 0 Å². The highest BCUT2D eigenvalue weighted by atomic mass is 15.2. The van der Waals surface area contributed by atoms with Crippen molar-refractivity contribution in [2.24, 2.45) is 0 Å². The highest BCUT2D eigenvalue weighted by Gasteiger charge is 2.24. The molecule has 1 N–H and O–H groups in total. The third-order valence-electron chi connectivity index (χ3n) is 3.90. The maximum absolute atomic E-state index is 3.63. The lowest BCUT2D eigenvalue weighted by molar-refractivity contribution is 0.416. The van der Waals surface area contributed by atoms with E-state index in [0.29, 0.717) is 0 Å². The lowest BCUT2D eigenvalue weighted by atomic mass is 10.0. The fourth-order valence-corrected chi connectivity index (χ4v) is 3.00. The average molecular weight is 254 g/mol. The standard InChI is InChI=1S/C17H22N2/c1-17(2)13-19(12-6-11-18-17)16-10-5-8-14-7-3-4-9-15(14)16/h3-5,7-10,18H,6,11-13H2,1-2H3. The van der Waals surface area contributed by atoms with E-state index in [1.807, 2.05) is 0 Å². The van der Waals surface area contributed by atoms with Gasteiger partial charge in [-0.1, -0.05) is 36.4 Å². The molecular weight excluding hydrogens is 232 g/mol. The second-order valence-corrected chi connectivity index (χ2v) is 6.08. The molecule has 100 valence electrons. The van der Waals surface area contributed by atoms with Gasteiger partial charge in [-0.3, -0.25) is 0 Å². The van der Waals surface area contributed by atoms with Crippen molar-refractivity contribution < 1.29 is 0 Å². The van der Waals surface area contributed by atoms with Crippen molar-refractivity contribution in [3.63, 3.8) is 0 Å². The zero-order valence-corrected chi connectivity index (χ0v) is 11.8. The van der Waals surface area contributed by atoms with Crippen LogP contribution in [0, 0.1) is 0 Å². The van der Waals surface area contributed by atoms with Crippen molar-refractivity contribution in [1.29, 1.82) is 0 Å². The van der Waals surface area contributed by atoms with Gasteiger partial charge in [0.2, 0.25) is 0 Å². The lowest BCUT2D eigenvalue weighted by Crippen LogP contribution is -2.46. The van der Waals surface area contributed by atoms with E-state index >= 15 is 0 Å². The molecule has 0 spiro atoms. The number of benzene rings is 2. The quantitative estimate of drug-likeness (QED) is 0.839. The molecule has 1 aliphatic rings. The van der Waals surface area contributed by atoms with Gasteiger partial charge in [0.25, 0.3) is 0 Å². The zero-order chi connectivity index (χ0) is 13.3. The lowest BCUT2D eigenvalue weighted by Gasteiger charge is -2.32. The average Bonchev–Trinajstić information content (AvgIpc) is 2.59. The number of nitrogens with one attached hydrogen (secondary N) is 1. The molecule has 0 radical (unpaired) electrons. The van der Waals surface area contributed by atoms with Crippen molar-refractivity contribution in [3.8, 4) is 0 Å². The maximum Gasteiger partial charge on any atom is 0.0446 e. The Morgan fingerprint density at radius 3 is 2.74 bits per heavy atom. The van der Waals surface area contributed by atoms with Crippen LogP contribution >= 0.6 is 0 Å². The highest BCUT2D eigenvalue weighted by molar-refractivity contribution is 5.94. The molecule has 0 amide bonds. The number of nitrogens with zero attached hydrogens (tertiary/aromatic N) is 1. The summed E-state index contributed by atoms with van der Waals surface area (Å²) in [5.41, 5.74) is 1.54. The summed E-state index contributed by atoms with van der Waals surface area (Å²) in [6.45, 7) is 7.87. The third kappa shape index (κ3) is 2.59. The fourth-order valence-electron chi connectivity index (χ4n) is 3.00. The van der Waals surface area contributed by atoms with Crippen molar-refractivity contribution in [2.45, 2.75) is 25.8 Å². The van der Waals surface area contributed by atoms with Gasteiger partial charge in [-0.15, -0.1) is 0 Å². The molecule has 1 aliphatic heterocycles. The molecule has 3 rings (SSSR count). The Morgan fingerprint density at radius 1 is 1.05 bits per heavy atom. The number of anilines is 1. The van der Waals surface area contributed by atoms with Crippen molar-refractivity contribution >= 4 is 16.5 Å². The van der Waals surface area contributed by atoms with E-state index in [9.17, 15) is 0 Å². The first-order chi connectivity index (χ1) is 9.16. The summed E-state index contributed by atoms with van der Waals surface area (Å²) in [5, 5.41) is 6.32. The molecule has 19 heavy (non-hydrogen) atoms. The van der Waals surface area contributed by atoms with Gasteiger partial charge < -0.3 is 10.2 Å². The van der Waals surface area contributed by atoms with E-state index in [-0.39, 0.29) is 5.54 Å². The van der Waals surface area contributed by atoms with Crippen LogP contribution < -0.4 is 10.2 Å². The smallest absolute Gasteiger partial charge is 0.0446 e. The predicted octanol–water partition coefficient (Wildman–Crippen LogP) is 3.42. The minimum atomic E-state index is 0.174. The van der Waals surface area contributed by atoms with E-state index in [1.165, 1.54) is 22.9 Å². The fraction of sp³-hybridized carbons (Fsp3) is 0.412. The Bertz CT molecular complexity index is 569. The van der Waals surface area contributed by atoms with Crippen LogP contribution in [0.25, 0.3) is 10.8 Å². The van der Waals surface area contributed by atoms with Gasteiger partial charge in [-0.2, -0.15) is 0 Å². The Balaban J connectivity index is 2.03. The summed E-state index contributed by atoms with van der Waals surface area (Å²) in [4.78, 5) is 2.53. The summed E-state index contributed by atoms with van der Waals surface area (Å²) in [6, 6.07) is 15.3. The number of hydrogen-bond donors (Lipinski definition) is 1. The number of hydrogen-bond acceptors (Lipinski definition) is 2. The van der Waals surface area contributed by atoms with Crippen LogP contribution in [-0.4, -0.2) is 25.2 Å². The molecule has 0 unspecified atom stereocenters. The molecule has 0 atom stereocenters. The van der Waals surface area contributed by atoms with Gasteiger partial charge >= 0.3 is 0 Å². The minimum Gasteiger partial charge on any atom is -0.369 e. The van der Waals surface area contributed by atoms with Gasteiger partial charge in [0.15, 0.2) is 0 Å². The first-order valence-corrected chi connectivity index (χ1v) is 7.13. The third-order valence-corrected chi connectivity index (χ3v) is 3.90. The molecule has 1 saturated heterocycles. The van der Waals surface area contributed by atoms with Gasteiger partial charge in [0.05, 0.1) is 0 Å². The van der Waals surface area contributed by atoms with E-state index < -0.39 is 0 Å². The van der Waals surface area contributed by atoms with Crippen LogP contribution in [0.4, 0.5) is 5.69 Å². The number of fused-ring (bicyclic) bond motifs is 1. The van der Waals surface area contributed by atoms with E-state index in [4.69, 9.17) is 0 Å². The molecule has 0 bridgehead atoms. The Labute approximate surface area is 115 Å². The monoisotopic (exact) mass is 254 g/mol. The molecule has 2 heteroatoms. The van der Waals surface area contributed by atoms with Crippen LogP contribution in [0.3, 0.4) is 0 Å². The van der Waals surface area contributed by atoms with Gasteiger partial charge in [0.1, 0.15) is 0 Å². The summed E-state index contributed by atoms with van der Waals surface area (Å²) in [5.74, 6) is 0. The largest absolute Gasteiger partial charge is 0.369 e. The van der Waals surface area contributed by atoms with E-state index in [1.54, 1.807) is 0 Å². The molecule has 0 aliphatic carbocycles. The molecule has 2 aromatic carbocycles. The Morgan fingerprint density at radius 2 is 1.84 bits per heavy atom. The topological polar surface area (TPSA) is 15.3 Å². The Kier molecular flexibility index (Phi) is 3.19. The summed E-state index contributed by atoms with van der Waals surface area (Å²) in [7, 11) is 0. The Hall–Kier alpha value is -1.54. The first kappa shape index (κ1) is 12.5. The highest BCUT2D eigenvalue weighted by Crippen LogP contribution is 2.28. The van der Waals surface area contributed by atoms with Crippen molar-refractivity contribution in [2.75, 3.05) is 24.5 Å². The first-order valence-electron chi connectivity index (χ1n) is 7.13. The van der Waals surface area contributed by atoms with Crippen molar-refractivity contribution in [3.05, 3.63) is 42.5 Å². The second-order valence-electron chi connectivity index (χ2n) is 6.08. The summed E-state index contributed by atoms with van der Waals surface area (Å²) < 4.78 is 0. The normalized spacial score (nSPS) is 19.4. The van der Waals surface area contributed by atoms with Crippen LogP contribution in [0.1, 0.15) is 20.3 Å². The summed E-state index contributed by atoms with van der Waals surface area (Å²) in [6.07, 6.45) is 1.20.